The van der Waals surface area contributed by atoms with Crippen molar-refractivity contribution in [2.75, 3.05) is 11.4 Å². The Kier molecular flexibility index (Phi) is 3.82. The lowest BCUT2D eigenvalue weighted by molar-refractivity contribution is 0.112. The Morgan fingerprint density at radius 1 is 1.41 bits per heavy atom. The van der Waals surface area contributed by atoms with Crippen LogP contribution in [0.15, 0.2) is 29.9 Å². The second-order valence-electron chi connectivity index (χ2n) is 3.53. The number of thiophene rings is 1. The molecule has 88 valence electrons. The fraction of sp³-hybridized carbons (Fsp3) is 0.250. The number of rotatable bonds is 5. The van der Waals surface area contributed by atoms with Gasteiger partial charge in [0, 0.05) is 23.8 Å². The van der Waals surface area contributed by atoms with Crippen molar-refractivity contribution in [2.45, 2.75) is 13.5 Å². The van der Waals surface area contributed by atoms with Crippen LogP contribution in [0, 0.1) is 0 Å². The lowest BCUT2D eigenvalue weighted by Crippen LogP contribution is -2.23. The van der Waals surface area contributed by atoms with Crippen molar-refractivity contribution in [1.82, 2.24) is 9.97 Å². The van der Waals surface area contributed by atoms with Crippen LogP contribution in [-0.2, 0) is 6.54 Å². The predicted octanol–water partition coefficient (Wildman–Crippen LogP) is 2.38. The molecule has 2 aromatic heterocycles. The minimum atomic E-state index is 0.501. The summed E-state index contributed by atoms with van der Waals surface area (Å²) in [5.74, 6) is 0.659. The summed E-state index contributed by atoms with van der Waals surface area (Å²) in [7, 11) is 0. The highest BCUT2D eigenvalue weighted by Gasteiger charge is 2.08. The van der Waals surface area contributed by atoms with Crippen molar-refractivity contribution in [1.29, 1.82) is 0 Å². The molecule has 0 radical (unpaired) electrons. The molecule has 0 saturated carbocycles. The Morgan fingerprint density at radius 2 is 2.18 bits per heavy atom. The molecule has 0 atom stereocenters. The van der Waals surface area contributed by atoms with Crippen LogP contribution < -0.4 is 4.90 Å². The highest BCUT2D eigenvalue weighted by molar-refractivity contribution is 7.09. The molecule has 0 amide bonds. The van der Waals surface area contributed by atoms with Crippen LogP contribution in [0.3, 0.4) is 0 Å². The molecule has 2 aromatic rings. The first kappa shape index (κ1) is 11.7. The summed E-state index contributed by atoms with van der Waals surface area (Å²) in [5.41, 5.74) is 0.501. The van der Waals surface area contributed by atoms with Crippen LogP contribution in [0.25, 0.3) is 0 Å². The summed E-state index contributed by atoms with van der Waals surface area (Å²) >= 11 is 1.72. The molecular formula is C12H13N3OS. The van der Waals surface area contributed by atoms with E-state index in [0.717, 1.165) is 19.4 Å². The number of hydrogen-bond donors (Lipinski definition) is 0. The lowest BCUT2D eigenvalue weighted by Gasteiger charge is -2.19. The van der Waals surface area contributed by atoms with Crippen molar-refractivity contribution in [2.24, 2.45) is 0 Å². The summed E-state index contributed by atoms with van der Waals surface area (Å²) in [4.78, 5) is 22.2. The Balaban J connectivity index is 2.14. The maximum atomic E-state index is 10.5. The van der Waals surface area contributed by atoms with Gasteiger partial charge in [0.25, 0.3) is 0 Å². The molecule has 0 aliphatic carbocycles. The van der Waals surface area contributed by atoms with Gasteiger partial charge >= 0.3 is 0 Å². The largest absolute Gasteiger partial charge is 0.336 e. The molecule has 17 heavy (non-hydrogen) atoms. The molecule has 0 aliphatic rings. The molecule has 0 fully saturated rings. The molecule has 2 rings (SSSR count). The molecule has 0 saturated heterocycles. The van der Waals surface area contributed by atoms with E-state index in [9.17, 15) is 4.79 Å². The van der Waals surface area contributed by atoms with Crippen LogP contribution in [0.1, 0.15) is 22.2 Å². The van der Waals surface area contributed by atoms with E-state index in [-0.39, 0.29) is 0 Å². The number of aromatic nitrogens is 2. The van der Waals surface area contributed by atoms with Gasteiger partial charge in [0.2, 0.25) is 5.95 Å². The maximum Gasteiger partial charge on any atom is 0.225 e. The Morgan fingerprint density at radius 3 is 2.71 bits per heavy atom. The Hall–Kier alpha value is -1.75. The van der Waals surface area contributed by atoms with Crippen LogP contribution in [0.2, 0.25) is 0 Å². The van der Waals surface area contributed by atoms with Gasteiger partial charge in [-0.15, -0.1) is 11.3 Å². The third-order valence-corrected chi connectivity index (χ3v) is 3.25. The molecule has 0 aliphatic heterocycles. The minimum Gasteiger partial charge on any atom is -0.336 e. The zero-order valence-electron chi connectivity index (χ0n) is 9.54. The van der Waals surface area contributed by atoms with Crippen LogP contribution in [-0.4, -0.2) is 22.8 Å². The second-order valence-corrected chi connectivity index (χ2v) is 4.56. The minimum absolute atomic E-state index is 0.501. The fourth-order valence-electron chi connectivity index (χ4n) is 1.47. The van der Waals surface area contributed by atoms with Gasteiger partial charge in [-0.25, -0.2) is 9.97 Å². The lowest BCUT2D eigenvalue weighted by atomic mass is 10.4. The Bertz CT molecular complexity index is 467. The van der Waals surface area contributed by atoms with Gasteiger partial charge in [-0.05, 0) is 18.4 Å². The number of carbonyl (C=O) groups is 1. The molecular weight excluding hydrogens is 234 g/mol. The van der Waals surface area contributed by atoms with Gasteiger partial charge < -0.3 is 4.90 Å². The van der Waals surface area contributed by atoms with Crippen molar-refractivity contribution in [3.05, 3.63) is 40.3 Å². The summed E-state index contributed by atoms with van der Waals surface area (Å²) in [6.07, 6.45) is 3.85. The number of carbonyl (C=O) groups excluding carboxylic acids is 1. The molecule has 0 aromatic carbocycles. The van der Waals surface area contributed by atoms with Crippen LogP contribution in [0.5, 0.6) is 0 Å². The van der Waals surface area contributed by atoms with Crippen molar-refractivity contribution < 1.29 is 4.79 Å². The van der Waals surface area contributed by atoms with Gasteiger partial charge in [0.05, 0.1) is 12.1 Å². The van der Waals surface area contributed by atoms with Gasteiger partial charge in [0.1, 0.15) is 0 Å². The number of anilines is 1. The second kappa shape index (κ2) is 5.54. The molecule has 4 nitrogen and oxygen atoms in total. The van der Waals surface area contributed by atoms with Crippen molar-refractivity contribution >= 4 is 23.6 Å². The number of hydrogen-bond acceptors (Lipinski definition) is 5. The van der Waals surface area contributed by atoms with E-state index in [4.69, 9.17) is 0 Å². The SMILES string of the molecule is CCN(Cc1cccs1)c1ncc(C=O)cn1. The van der Waals surface area contributed by atoms with E-state index < -0.39 is 0 Å². The monoisotopic (exact) mass is 247 g/mol. The predicted molar refractivity (Wildman–Crippen MR) is 68.5 cm³/mol. The number of nitrogens with zero attached hydrogens (tertiary/aromatic N) is 3. The molecule has 0 N–H and O–H groups in total. The van der Waals surface area contributed by atoms with E-state index >= 15 is 0 Å². The summed E-state index contributed by atoms with van der Waals surface area (Å²) in [5, 5.41) is 2.06. The first-order valence-electron chi connectivity index (χ1n) is 5.38. The van der Waals surface area contributed by atoms with Gasteiger partial charge in [-0.1, -0.05) is 6.07 Å². The quantitative estimate of drug-likeness (QED) is 0.761. The smallest absolute Gasteiger partial charge is 0.225 e. The third kappa shape index (κ3) is 2.88. The van der Waals surface area contributed by atoms with Gasteiger partial charge in [-0.2, -0.15) is 0 Å². The van der Waals surface area contributed by atoms with E-state index in [2.05, 4.69) is 33.2 Å². The highest BCUT2D eigenvalue weighted by atomic mass is 32.1. The maximum absolute atomic E-state index is 10.5. The van der Waals surface area contributed by atoms with E-state index in [1.54, 1.807) is 23.7 Å². The molecule has 2 heterocycles. The highest BCUT2D eigenvalue weighted by Crippen LogP contribution is 2.15. The van der Waals surface area contributed by atoms with Crippen molar-refractivity contribution in [3.63, 3.8) is 0 Å². The number of aldehydes is 1. The topological polar surface area (TPSA) is 46.1 Å². The summed E-state index contributed by atoms with van der Waals surface area (Å²) < 4.78 is 0. The molecule has 0 unspecified atom stereocenters. The summed E-state index contributed by atoms with van der Waals surface area (Å²) in [6, 6.07) is 4.12. The average Bonchev–Trinajstić information content (AvgIpc) is 2.89. The first-order valence-corrected chi connectivity index (χ1v) is 6.26. The van der Waals surface area contributed by atoms with Gasteiger partial charge in [0.15, 0.2) is 6.29 Å². The van der Waals surface area contributed by atoms with E-state index in [1.165, 1.54) is 4.88 Å². The van der Waals surface area contributed by atoms with Crippen LogP contribution >= 0.6 is 11.3 Å². The third-order valence-electron chi connectivity index (χ3n) is 2.39. The zero-order chi connectivity index (χ0) is 12.1. The van der Waals surface area contributed by atoms with Crippen molar-refractivity contribution in [3.8, 4) is 0 Å². The fourth-order valence-corrected chi connectivity index (χ4v) is 2.19. The standard InChI is InChI=1S/C12H13N3OS/c1-2-15(8-11-4-3-5-17-11)12-13-6-10(9-16)7-14-12/h3-7,9H,2,8H2,1H3. The molecule has 5 heteroatoms. The first-order chi connectivity index (χ1) is 8.33. The van der Waals surface area contributed by atoms with Crippen LogP contribution in [0.4, 0.5) is 5.95 Å². The van der Waals surface area contributed by atoms with Gasteiger partial charge in [-0.3, -0.25) is 4.79 Å². The normalized spacial score (nSPS) is 10.2. The average molecular weight is 247 g/mol. The van der Waals surface area contributed by atoms with E-state index in [0.29, 0.717) is 11.5 Å². The molecule has 0 spiro atoms. The van der Waals surface area contributed by atoms with E-state index in [1.807, 2.05) is 6.07 Å². The Labute approximate surface area is 104 Å². The summed E-state index contributed by atoms with van der Waals surface area (Å²) in [6.45, 7) is 3.69. The molecule has 0 bridgehead atoms. The zero-order valence-corrected chi connectivity index (χ0v) is 10.4.